The zero-order valence-electron chi connectivity index (χ0n) is 5.86. The van der Waals surface area contributed by atoms with Crippen LogP contribution in [0.1, 0.15) is 0 Å². The summed E-state index contributed by atoms with van der Waals surface area (Å²) in [5.74, 6) is 0.0666. The molecule has 0 aliphatic carbocycles. The maximum atomic E-state index is 5.17. The Bertz CT molecular complexity index is 262. The molecule has 0 unspecified atom stereocenters. The van der Waals surface area contributed by atoms with Crippen LogP contribution in [0.3, 0.4) is 0 Å². The highest BCUT2D eigenvalue weighted by Gasteiger charge is 1.88. The van der Waals surface area contributed by atoms with Gasteiger partial charge in [0.2, 0.25) is 0 Å². The summed E-state index contributed by atoms with van der Waals surface area (Å²) in [4.78, 5) is 4.73. The standard InChI is InChI=1S/C7H9N3S/c8-7(9)10-5-1-3-6(11)4-2-5/h1-4,11H,(H4,8,9,10). The molecular weight excluding hydrogens is 158 g/mol. The molecule has 0 spiro atoms. The molecule has 58 valence electrons. The Morgan fingerprint density at radius 3 is 2.18 bits per heavy atom. The number of benzene rings is 1. The van der Waals surface area contributed by atoms with Crippen molar-refractivity contribution in [3.8, 4) is 0 Å². The number of nitrogens with zero attached hydrogens (tertiary/aromatic N) is 1. The second kappa shape index (κ2) is 3.30. The quantitative estimate of drug-likeness (QED) is 0.330. The van der Waals surface area contributed by atoms with E-state index in [2.05, 4.69) is 17.6 Å². The Kier molecular flexibility index (Phi) is 2.38. The summed E-state index contributed by atoms with van der Waals surface area (Å²) in [5.41, 5.74) is 11.1. The molecule has 0 saturated carbocycles. The number of aliphatic imine (C=N–C) groups is 1. The minimum atomic E-state index is 0.0666. The van der Waals surface area contributed by atoms with Gasteiger partial charge in [0.05, 0.1) is 5.69 Å². The molecule has 0 bridgehead atoms. The Labute approximate surface area is 70.5 Å². The number of guanidine groups is 1. The topological polar surface area (TPSA) is 64.4 Å². The van der Waals surface area contributed by atoms with Gasteiger partial charge in [0, 0.05) is 4.90 Å². The maximum absolute atomic E-state index is 5.17. The van der Waals surface area contributed by atoms with Gasteiger partial charge in [-0.25, -0.2) is 4.99 Å². The van der Waals surface area contributed by atoms with E-state index in [0.29, 0.717) is 0 Å². The molecule has 3 nitrogen and oxygen atoms in total. The number of hydrogen-bond acceptors (Lipinski definition) is 2. The van der Waals surface area contributed by atoms with E-state index in [-0.39, 0.29) is 5.96 Å². The van der Waals surface area contributed by atoms with Crippen molar-refractivity contribution in [2.75, 3.05) is 0 Å². The Morgan fingerprint density at radius 1 is 1.18 bits per heavy atom. The van der Waals surface area contributed by atoms with Crippen LogP contribution in [0.15, 0.2) is 34.2 Å². The fourth-order valence-corrected chi connectivity index (χ4v) is 0.825. The van der Waals surface area contributed by atoms with E-state index in [1.165, 1.54) is 0 Å². The van der Waals surface area contributed by atoms with E-state index < -0.39 is 0 Å². The van der Waals surface area contributed by atoms with Crippen LogP contribution in [0, 0.1) is 0 Å². The predicted molar refractivity (Wildman–Crippen MR) is 49.2 cm³/mol. The van der Waals surface area contributed by atoms with Crippen LogP contribution in [0.5, 0.6) is 0 Å². The maximum Gasteiger partial charge on any atom is 0.191 e. The van der Waals surface area contributed by atoms with Gasteiger partial charge < -0.3 is 11.5 Å². The minimum absolute atomic E-state index is 0.0666. The van der Waals surface area contributed by atoms with Crippen molar-refractivity contribution in [1.82, 2.24) is 0 Å². The zero-order chi connectivity index (χ0) is 8.27. The van der Waals surface area contributed by atoms with Crippen LogP contribution in [-0.4, -0.2) is 5.96 Å². The lowest BCUT2D eigenvalue weighted by molar-refractivity contribution is 1.39. The lowest BCUT2D eigenvalue weighted by atomic mass is 10.3. The molecule has 0 saturated heterocycles. The molecule has 0 atom stereocenters. The number of hydrogen-bond donors (Lipinski definition) is 3. The summed E-state index contributed by atoms with van der Waals surface area (Å²) in [6.45, 7) is 0. The molecule has 0 fully saturated rings. The molecule has 4 heteroatoms. The number of thiol groups is 1. The van der Waals surface area contributed by atoms with E-state index in [4.69, 9.17) is 11.5 Å². The Morgan fingerprint density at radius 2 is 1.73 bits per heavy atom. The molecular formula is C7H9N3S. The van der Waals surface area contributed by atoms with Crippen molar-refractivity contribution in [3.63, 3.8) is 0 Å². The predicted octanol–water partition coefficient (Wildman–Crippen LogP) is 0.880. The van der Waals surface area contributed by atoms with Crippen molar-refractivity contribution >= 4 is 24.3 Å². The van der Waals surface area contributed by atoms with Crippen molar-refractivity contribution in [2.24, 2.45) is 16.5 Å². The second-order valence-corrected chi connectivity index (χ2v) is 2.57. The van der Waals surface area contributed by atoms with E-state index in [1.807, 2.05) is 12.1 Å². The molecule has 0 heterocycles. The van der Waals surface area contributed by atoms with E-state index in [1.54, 1.807) is 12.1 Å². The van der Waals surface area contributed by atoms with Crippen molar-refractivity contribution in [3.05, 3.63) is 24.3 Å². The SMILES string of the molecule is NC(N)=Nc1ccc(S)cc1. The first-order valence-corrected chi connectivity index (χ1v) is 3.52. The summed E-state index contributed by atoms with van der Waals surface area (Å²) in [5, 5.41) is 0. The number of nitrogens with two attached hydrogens (primary N) is 2. The summed E-state index contributed by atoms with van der Waals surface area (Å²) in [6.07, 6.45) is 0. The monoisotopic (exact) mass is 167 g/mol. The van der Waals surface area contributed by atoms with Gasteiger partial charge in [-0.15, -0.1) is 12.6 Å². The van der Waals surface area contributed by atoms with Gasteiger partial charge in [-0.3, -0.25) is 0 Å². The van der Waals surface area contributed by atoms with Gasteiger partial charge in [0.15, 0.2) is 5.96 Å². The van der Waals surface area contributed by atoms with Gasteiger partial charge in [0.1, 0.15) is 0 Å². The average molecular weight is 167 g/mol. The molecule has 1 aromatic carbocycles. The van der Waals surface area contributed by atoms with Gasteiger partial charge >= 0.3 is 0 Å². The third kappa shape index (κ3) is 2.51. The van der Waals surface area contributed by atoms with Gasteiger partial charge in [-0.2, -0.15) is 0 Å². The molecule has 0 aliphatic rings. The van der Waals surface area contributed by atoms with Crippen LogP contribution in [0.4, 0.5) is 5.69 Å². The molecule has 1 aromatic rings. The van der Waals surface area contributed by atoms with Gasteiger partial charge in [-0.05, 0) is 24.3 Å². The first-order valence-electron chi connectivity index (χ1n) is 3.07. The normalized spacial score (nSPS) is 9.18. The van der Waals surface area contributed by atoms with Crippen LogP contribution in [0.25, 0.3) is 0 Å². The highest BCUT2D eigenvalue weighted by Crippen LogP contribution is 2.14. The zero-order valence-corrected chi connectivity index (χ0v) is 6.75. The number of rotatable bonds is 1. The highest BCUT2D eigenvalue weighted by molar-refractivity contribution is 7.80. The van der Waals surface area contributed by atoms with Crippen molar-refractivity contribution in [2.45, 2.75) is 4.90 Å². The summed E-state index contributed by atoms with van der Waals surface area (Å²) < 4.78 is 0. The summed E-state index contributed by atoms with van der Waals surface area (Å²) in [6, 6.07) is 7.24. The lowest BCUT2D eigenvalue weighted by Crippen LogP contribution is -2.21. The molecule has 0 aromatic heterocycles. The van der Waals surface area contributed by atoms with Crippen LogP contribution in [-0.2, 0) is 0 Å². The smallest absolute Gasteiger partial charge is 0.191 e. The molecule has 4 N–H and O–H groups in total. The fraction of sp³-hybridized carbons (Fsp3) is 0. The van der Waals surface area contributed by atoms with E-state index >= 15 is 0 Å². The average Bonchev–Trinajstić information content (AvgIpc) is 1.93. The Balaban J connectivity index is 2.91. The van der Waals surface area contributed by atoms with Crippen LogP contribution < -0.4 is 11.5 Å². The van der Waals surface area contributed by atoms with E-state index in [9.17, 15) is 0 Å². The molecule has 0 amide bonds. The van der Waals surface area contributed by atoms with Gasteiger partial charge in [0.25, 0.3) is 0 Å². The van der Waals surface area contributed by atoms with Crippen LogP contribution in [0.2, 0.25) is 0 Å². The minimum Gasteiger partial charge on any atom is -0.370 e. The summed E-state index contributed by atoms with van der Waals surface area (Å²) >= 11 is 4.11. The highest BCUT2D eigenvalue weighted by atomic mass is 32.1. The molecule has 11 heavy (non-hydrogen) atoms. The third-order valence-electron chi connectivity index (χ3n) is 1.11. The van der Waals surface area contributed by atoms with Crippen LogP contribution >= 0.6 is 12.6 Å². The largest absolute Gasteiger partial charge is 0.370 e. The van der Waals surface area contributed by atoms with E-state index in [0.717, 1.165) is 10.6 Å². The van der Waals surface area contributed by atoms with Crippen molar-refractivity contribution in [1.29, 1.82) is 0 Å². The Hall–Kier alpha value is -1.16. The lowest BCUT2D eigenvalue weighted by Gasteiger charge is -1.94. The third-order valence-corrected chi connectivity index (χ3v) is 1.41. The summed E-state index contributed by atoms with van der Waals surface area (Å²) in [7, 11) is 0. The first kappa shape index (κ1) is 7.94. The van der Waals surface area contributed by atoms with Crippen molar-refractivity contribution < 1.29 is 0 Å². The molecule has 0 aliphatic heterocycles. The van der Waals surface area contributed by atoms with Gasteiger partial charge in [-0.1, -0.05) is 0 Å². The fourth-order valence-electron chi connectivity index (χ4n) is 0.676. The first-order chi connectivity index (χ1) is 5.18. The molecule has 0 radical (unpaired) electrons. The second-order valence-electron chi connectivity index (χ2n) is 2.05. The molecule has 1 rings (SSSR count).